The molecule has 0 spiro atoms. The second-order valence-electron chi connectivity index (χ2n) is 4.67. The zero-order valence-corrected chi connectivity index (χ0v) is 9.76. The molecule has 0 radical (unpaired) electrons. The molecule has 0 aliphatic carbocycles. The van der Waals surface area contributed by atoms with Crippen molar-refractivity contribution in [2.75, 3.05) is 24.8 Å². The summed E-state index contributed by atoms with van der Waals surface area (Å²) in [4.78, 5) is 13.0. The van der Waals surface area contributed by atoms with Gasteiger partial charge in [0.2, 0.25) is 6.79 Å². The first-order valence-electron chi connectivity index (χ1n) is 5.75. The fourth-order valence-electron chi connectivity index (χ4n) is 2.31. The molecule has 0 bridgehead atoms. The number of aliphatic carboxylic acids is 1. The van der Waals surface area contributed by atoms with Crippen molar-refractivity contribution >= 4 is 11.7 Å². The quantitative estimate of drug-likeness (QED) is 0.790. The normalized spacial score (nSPS) is 25.5. The fraction of sp³-hybridized carbons (Fsp3) is 0.417. The van der Waals surface area contributed by atoms with Crippen LogP contribution in [-0.2, 0) is 4.79 Å². The number of carbonyl (C=O) groups is 1. The smallest absolute Gasteiger partial charge is 0.325 e. The molecule has 6 nitrogen and oxygen atoms in total. The largest absolute Gasteiger partial charge is 0.480 e. The van der Waals surface area contributed by atoms with E-state index in [4.69, 9.17) is 20.3 Å². The molecule has 1 fully saturated rings. The van der Waals surface area contributed by atoms with Crippen molar-refractivity contribution in [3.8, 4) is 11.5 Å². The summed E-state index contributed by atoms with van der Waals surface area (Å²) in [7, 11) is 0. The molecule has 0 saturated carbocycles. The molecular formula is C12H14N2O4. The molecule has 1 unspecified atom stereocenters. The van der Waals surface area contributed by atoms with Gasteiger partial charge in [0.1, 0.15) is 5.54 Å². The number of rotatable bonds is 2. The van der Waals surface area contributed by atoms with Gasteiger partial charge < -0.3 is 25.2 Å². The second kappa shape index (κ2) is 3.78. The lowest BCUT2D eigenvalue weighted by Crippen LogP contribution is -2.50. The first-order chi connectivity index (χ1) is 8.58. The molecule has 1 aromatic carbocycles. The maximum absolute atomic E-state index is 11.1. The van der Waals surface area contributed by atoms with E-state index in [-0.39, 0.29) is 6.79 Å². The lowest BCUT2D eigenvalue weighted by molar-refractivity contribution is -0.142. The van der Waals surface area contributed by atoms with E-state index in [0.29, 0.717) is 25.3 Å². The van der Waals surface area contributed by atoms with Crippen LogP contribution in [0.25, 0.3) is 0 Å². The predicted octanol–water partition coefficient (Wildman–Crippen LogP) is 0.407. The highest BCUT2D eigenvalue weighted by Crippen LogP contribution is 2.37. The zero-order chi connectivity index (χ0) is 12.8. The summed E-state index contributed by atoms with van der Waals surface area (Å²) in [6.45, 7) is 1.17. The number of carboxylic acid groups (broad SMARTS) is 1. The van der Waals surface area contributed by atoms with Crippen LogP contribution in [0, 0.1) is 0 Å². The molecule has 2 aliphatic heterocycles. The highest BCUT2D eigenvalue weighted by Gasteiger charge is 2.41. The van der Waals surface area contributed by atoms with Crippen LogP contribution in [-0.4, -0.2) is 36.5 Å². The summed E-state index contributed by atoms with van der Waals surface area (Å²) in [6.07, 6.45) is 0.441. The van der Waals surface area contributed by atoms with Gasteiger partial charge in [-0.1, -0.05) is 0 Å². The topological polar surface area (TPSA) is 85.0 Å². The minimum absolute atomic E-state index is 0.231. The average molecular weight is 250 g/mol. The number of ether oxygens (including phenoxy) is 2. The number of nitrogens with zero attached hydrogens (tertiary/aromatic N) is 1. The van der Waals surface area contributed by atoms with Crippen LogP contribution in [0.3, 0.4) is 0 Å². The summed E-state index contributed by atoms with van der Waals surface area (Å²) in [6, 6.07) is 5.58. The molecule has 2 heterocycles. The lowest BCUT2D eigenvalue weighted by atomic mass is 10.0. The van der Waals surface area contributed by atoms with Crippen LogP contribution < -0.4 is 20.1 Å². The molecule has 1 aromatic rings. The molecule has 3 N–H and O–H groups in total. The molecule has 1 atom stereocenters. The van der Waals surface area contributed by atoms with Crippen molar-refractivity contribution < 1.29 is 19.4 Å². The summed E-state index contributed by atoms with van der Waals surface area (Å²) >= 11 is 0. The Bertz CT molecular complexity index is 505. The van der Waals surface area contributed by atoms with Crippen LogP contribution in [0.4, 0.5) is 5.69 Å². The van der Waals surface area contributed by atoms with Crippen LogP contribution >= 0.6 is 0 Å². The number of carboxylic acids is 1. The van der Waals surface area contributed by atoms with Gasteiger partial charge in [-0.15, -0.1) is 0 Å². The van der Waals surface area contributed by atoms with Gasteiger partial charge in [0.05, 0.1) is 0 Å². The molecule has 18 heavy (non-hydrogen) atoms. The van der Waals surface area contributed by atoms with Crippen LogP contribution in [0.5, 0.6) is 11.5 Å². The van der Waals surface area contributed by atoms with Crippen molar-refractivity contribution in [3.05, 3.63) is 18.2 Å². The molecule has 96 valence electrons. The maximum atomic E-state index is 11.1. The van der Waals surface area contributed by atoms with Crippen molar-refractivity contribution in [2.45, 2.75) is 12.0 Å². The van der Waals surface area contributed by atoms with Crippen molar-refractivity contribution in [2.24, 2.45) is 5.73 Å². The van der Waals surface area contributed by atoms with Gasteiger partial charge in [-0.3, -0.25) is 4.79 Å². The summed E-state index contributed by atoms with van der Waals surface area (Å²) in [5, 5.41) is 9.10. The molecule has 0 amide bonds. The average Bonchev–Trinajstić information content (AvgIpc) is 2.95. The van der Waals surface area contributed by atoms with Gasteiger partial charge >= 0.3 is 5.97 Å². The number of benzene rings is 1. The second-order valence-corrected chi connectivity index (χ2v) is 4.67. The van der Waals surface area contributed by atoms with E-state index in [1.54, 1.807) is 0 Å². The molecule has 6 heteroatoms. The molecular weight excluding hydrogens is 236 g/mol. The molecule has 2 aliphatic rings. The van der Waals surface area contributed by atoms with Crippen LogP contribution in [0.1, 0.15) is 6.42 Å². The number of nitrogens with two attached hydrogens (primary N) is 1. The van der Waals surface area contributed by atoms with Gasteiger partial charge in [-0.2, -0.15) is 0 Å². The monoisotopic (exact) mass is 250 g/mol. The van der Waals surface area contributed by atoms with E-state index in [2.05, 4.69) is 0 Å². The highest BCUT2D eigenvalue weighted by molar-refractivity contribution is 5.80. The van der Waals surface area contributed by atoms with Crippen molar-refractivity contribution in [3.63, 3.8) is 0 Å². The van der Waals surface area contributed by atoms with E-state index in [1.807, 2.05) is 23.1 Å². The standard InChI is InChI=1S/C12H14N2O4/c13-12(11(15)16)3-4-14(6-12)8-1-2-9-10(5-8)18-7-17-9/h1-2,5H,3-4,6-7,13H2,(H,15,16). The number of anilines is 1. The Morgan fingerprint density at radius 3 is 2.89 bits per heavy atom. The number of fused-ring (bicyclic) bond motifs is 1. The van der Waals surface area contributed by atoms with Crippen molar-refractivity contribution in [1.82, 2.24) is 0 Å². The Hall–Kier alpha value is -1.95. The summed E-state index contributed by atoms with van der Waals surface area (Å²) < 4.78 is 10.5. The van der Waals surface area contributed by atoms with E-state index in [1.165, 1.54) is 0 Å². The Labute approximate surface area is 104 Å². The Balaban J connectivity index is 1.83. The summed E-state index contributed by atoms with van der Waals surface area (Å²) in [5.74, 6) is 0.457. The van der Waals surface area contributed by atoms with E-state index in [0.717, 1.165) is 11.4 Å². The van der Waals surface area contributed by atoms with Crippen LogP contribution in [0.15, 0.2) is 18.2 Å². The van der Waals surface area contributed by atoms with E-state index in [9.17, 15) is 4.79 Å². The molecule has 3 rings (SSSR count). The van der Waals surface area contributed by atoms with E-state index >= 15 is 0 Å². The minimum Gasteiger partial charge on any atom is -0.480 e. The highest BCUT2D eigenvalue weighted by atomic mass is 16.7. The third kappa shape index (κ3) is 1.65. The Kier molecular flexibility index (Phi) is 2.34. The molecule has 1 saturated heterocycles. The van der Waals surface area contributed by atoms with Gasteiger partial charge in [0.15, 0.2) is 11.5 Å². The fourth-order valence-corrected chi connectivity index (χ4v) is 2.31. The lowest BCUT2D eigenvalue weighted by Gasteiger charge is -2.21. The number of hydrogen-bond acceptors (Lipinski definition) is 5. The van der Waals surface area contributed by atoms with E-state index < -0.39 is 11.5 Å². The van der Waals surface area contributed by atoms with Gasteiger partial charge in [-0.05, 0) is 18.6 Å². The number of hydrogen-bond donors (Lipinski definition) is 2. The third-order valence-electron chi connectivity index (χ3n) is 3.45. The summed E-state index contributed by atoms with van der Waals surface area (Å²) in [5.41, 5.74) is 5.60. The first-order valence-corrected chi connectivity index (χ1v) is 5.75. The van der Waals surface area contributed by atoms with Crippen molar-refractivity contribution in [1.29, 1.82) is 0 Å². The Morgan fingerprint density at radius 2 is 2.17 bits per heavy atom. The Morgan fingerprint density at radius 1 is 1.39 bits per heavy atom. The van der Waals surface area contributed by atoms with Gasteiger partial charge in [0, 0.05) is 24.8 Å². The van der Waals surface area contributed by atoms with Gasteiger partial charge in [0.25, 0.3) is 0 Å². The molecule has 0 aromatic heterocycles. The van der Waals surface area contributed by atoms with Gasteiger partial charge in [-0.25, -0.2) is 0 Å². The van der Waals surface area contributed by atoms with Crippen LogP contribution in [0.2, 0.25) is 0 Å². The zero-order valence-electron chi connectivity index (χ0n) is 9.76. The predicted molar refractivity (Wildman–Crippen MR) is 63.9 cm³/mol. The maximum Gasteiger partial charge on any atom is 0.325 e. The third-order valence-corrected chi connectivity index (χ3v) is 3.45. The first kappa shape index (κ1) is 11.2. The SMILES string of the molecule is NC1(C(=O)O)CCN(c2ccc3c(c2)OCO3)C1. The minimum atomic E-state index is -1.16.